The minimum absolute atomic E-state index is 0. The van der Waals surface area contributed by atoms with Gasteiger partial charge in [0, 0.05) is 32.6 Å². The molecule has 21 heavy (non-hydrogen) atoms. The molecule has 1 amide bonds. The molecule has 3 N–H and O–H groups in total. The van der Waals surface area contributed by atoms with Crippen LogP contribution in [-0.2, 0) is 9.59 Å². The normalized spacial score (nSPS) is 22.8. The summed E-state index contributed by atoms with van der Waals surface area (Å²) >= 11 is 0. The van der Waals surface area contributed by atoms with Gasteiger partial charge in [0.05, 0.1) is 0 Å². The van der Waals surface area contributed by atoms with Crippen molar-refractivity contribution >= 4 is 36.7 Å². The molecule has 3 atom stereocenters. The van der Waals surface area contributed by atoms with Gasteiger partial charge in [-0.3, -0.25) is 14.5 Å². The Morgan fingerprint density at radius 3 is 2.43 bits per heavy atom. The Bertz CT molecular complexity index is 332. The van der Waals surface area contributed by atoms with Gasteiger partial charge in [-0.1, -0.05) is 13.3 Å². The number of likely N-dealkylation sites (N-methyl/N-ethyl adjacent to an activating group) is 1. The molecule has 1 saturated heterocycles. The van der Waals surface area contributed by atoms with Crippen molar-refractivity contribution in [2.75, 3.05) is 26.7 Å². The summed E-state index contributed by atoms with van der Waals surface area (Å²) in [7, 11) is 1.86. The van der Waals surface area contributed by atoms with Crippen molar-refractivity contribution in [3.05, 3.63) is 0 Å². The van der Waals surface area contributed by atoms with Gasteiger partial charge in [-0.25, -0.2) is 0 Å². The van der Waals surface area contributed by atoms with Crippen LogP contribution < -0.4 is 10.6 Å². The molecule has 0 aromatic heterocycles. The van der Waals surface area contributed by atoms with Gasteiger partial charge in [-0.15, -0.1) is 24.8 Å². The number of amides is 1. The van der Waals surface area contributed by atoms with Gasteiger partial charge < -0.3 is 15.7 Å². The molecule has 0 radical (unpaired) electrons. The predicted octanol–water partition coefficient (Wildman–Crippen LogP) is 0.739. The largest absolute Gasteiger partial charge is 0.480 e. The first-order chi connectivity index (χ1) is 8.97. The number of carbonyl (C=O) groups excluding carboxylic acids is 1. The van der Waals surface area contributed by atoms with Gasteiger partial charge >= 0.3 is 5.97 Å². The lowest BCUT2D eigenvalue weighted by Crippen LogP contribution is -2.42. The summed E-state index contributed by atoms with van der Waals surface area (Å²) in [6.45, 7) is 5.64. The SMILES string of the molecule is CCC(CNC(C)=O)CN1CC(NC)CC1C(=O)O.Cl.Cl. The first kappa shape index (κ1) is 22.7. The van der Waals surface area contributed by atoms with Crippen LogP contribution in [0.2, 0.25) is 0 Å². The van der Waals surface area contributed by atoms with E-state index < -0.39 is 12.0 Å². The van der Waals surface area contributed by atoms with E-state index in [0.717, 1.165) is 13.0 Å². The van der Waals surface area contributed by atoms with Crippen molar-refractivity contribution in [3.8, 4) is 0 Å². The van der Waals surface area contributed by atoms with Gasteiger partial charge in [-0.2, -0.15) is 0 Å². The van der Waals surface area contributed by atoms with Crippen LogP contribution in [0, 0.1) is 5.92 Å². The molecule has 126 valence electrons. The molecule has 1 heterocycles. The van der Waals surface area contributed by atoms with Gasteiger partial charge in [0.1, 0.15) is 6.04 Å². The Morgan fingerprint density at radius 2 is 2.00 bits per heavy atom. The number of rotatable bonds is 7. The van der Waals surface area contributed by atoms with E-state index in [1.54, 1.807) is 0 Å². The molecule has 1 rings (SSSR count). The lowest BCUT2D eigenvalue weighted by molar-refractivity contribution is -0.142. The molecule has 0 saturated carbocycles. The van der Waals surface area contributed by atoms with E-state index in [1.165, 1.54) is 6.92 Å². The lowest BCUT2D eigenvalue weighted by atomic mass is 10.1. The summed E-state index contributed by atoms with van der Waals surface area (Å²) in [6, 6.07) is -0.178. The van der Waals surface area contributed by atoms with E-state index in [9.17, 15) is 14.7 Å². The number of carbonyl (C=O) groups is 2. The Hall–Kier alpha value is -0.560. The maximum Gasteiger partial charge on any atom is 0.320 e. The third-order valence-corrected chi connectivity index (χ3v) is 3.81. The summed E-state index contributed by atoms with van der Waals surface area (Å²) in [4.78, 5) is 24.2. The van der Waals surface area contributed by atoms with Crippen LogP contribution in [0.3, 0.4) is 0 Å². The Morgan fingerprint density at radius 1 is 1.38 bits per heavy atom. The van der Waals surface area contributed by atoms with Crippen molar-refractivity contribution in [3.63, 3.8) is 0 Å². The van der Waals surface area contributed by atoms with Gasteiger partial charge in [0.25, 0.3) is 0 Å². The fourth-order valence-corrected chi connectivity index (χ4v) is 2.53. The van der Waals surface area contributed by atoms with Gasteiger partial charge in [0.15, 0.2) is 0 Å². The molecular weight excluding hydrogens is 317 g/mol. The molecule has 3 unspecified atom stereocenters. The second kappa shape index (κ2) is 11.1. The highest BCUT2D eigenvalue weighted by Crippen LogP contribution is 2.20. The molecule has 0 aliphatic carbocycles. The first-order valence-electron chi connectivity index (χ1n) is 6.86. The second-order valence-corrected chi connectivity index (χ2v) is 5.24. The molecule has 1 aliphatic rings. The van der Waals surface area contributed by atoms with Crippen molar-refractivity contribution in [2.24, 2.45) is 5.92 Å². The Balaban J connectivity index is 0. The zero-order chi connectivity index (χ0) is 14.4. The van der Waals surface area contributed by atoms with Crippen molar-refractivity contribution in [2.45, 2.75) is 38.8 Å². The molecule has 0 spiro atoms. The number of aliphatic carboxylic acids is 1. The zero-order valence-electron chi connectivity index (χ0n) is 12.8. The number of nitrogens with zero attached hydrogens (tertiary/aromatic N) is 1. The first-order valence-corrected chi connectivity index (χ1v) is 6.86. The molecule has 0 aromatic rings. The maximum atomic E-state index is 11.3. The monoisotopic (exact) mass is 343 g/mol. The Labute approximate surface area is 138 Å². The summed E-state index contributed by atoms with van der Waals surface area (Å²) in [5, 5.41) is 15.2. The molecule has 1 fully saturated rings. The van der Waals surface area contributed by atoms with Crippen LogP contribution in [-0.4, -0.2) is 60.6 Å². The van der Waals surface area contributed by atoms with Crippen molar-refractivity contribution < 1.29 is 14.7 Å². The average molecular weight is 344 g/mol. The summed E-state index contributed by atoms with van der Waals surface area (Å²) < 4.78 is 0. The van der Waals surface area contributed by atoms with Crippen molar-refractivity contribution in [1.29, 1.82) is 0 Å². The average Bonchev–Trinajstić information content (AvgIpc) is 2.77. The standard InChI is InChI=1S/C13H25N3O3.2ClH/c1-4-10(6-15-9(2)17)7-16-8-11(14-3)5-12(16)13(18)19;;/h10-12,14H,4-8H2,1-3H3,(H,15,17)(H,18,19);2*1H. The molecular formula is C13H27Cl2N3O3. The fourth-order valence-electron chi connectivity index (χ4n) is 2.53. The van der Waals surface area contributed by atoms with Crippen LogP contribution in [0.25, 0.3) is 0 Å². The van der Waals surface area contributed by atoms with Gasteiger partial charge in [0.2, 0.25) is 5.91 Å². The van der Waals surface area contributed by atoms with E-state index >= 15 is 0 Å². The number of carboxylic acids is 1. The molecule has 0 aromatic carbocycles. The van der Waals surface area contributed by atoms with E-state index in [2.05, 4.69) is 17.6 Å². The number of halogens is 2. The van der Waals surface area contributed by atoms with E-state index in [0.29, 0.717) is 25.4 Å². The van der Waals surface area contributed by atoms with E-state index in [4.69, 9.17) is 0 Å². The van der Waals surface area contributed by atoms with Crippen LogP contribution in [0.1, 0.15) is 26.7 Å². The van der Waals surface area contributed by atoms with Gasteiger partial charge in [-0.05, 0) is 19.4 Å². The highest BCUT2D eigenvalue weighted by atomic mass is 35.5. The maximum absolute atomic E-state index is 11.3. The molecule has 1 aliphatic heterocycles. The highest BCUT2D eigenvalue weighted by Gasteiger charge is 2.36. The van der Waals surface area contributed by atoms with Crippen LogP contribution in [0.4, 0.5) is 0 Å². The fraction of sp³-hybridized carbons (Fsp3) is 0.846. The zero-order valence-corrected chi connectivity index (χ0v) is 14.4. The number of hydrogen-bond acceptors (Lipinski definition) is 4. The van der Waals surface area contributed by atoms with Crippen LogP contribution in [0.5, 0.6) is 0 Å². The second-order valence-electron chi connectivity index (χ2n) is 5.24. The highest BCUT2D eigenvalue weighted by molar-refractivity contribution is 5.85. The summed E-state index contributed by atoms with van der Waals surface area (Å²) in [5.41, 5.74) is 0. The van der Waals surface area contributed by atoms with Crippen molar-refractivity contribution in [1.82, 2.24) is 15.5 Å². The minimum Gasteiger partial charge on any atom is -0.480 e. The van der Waals surface area contributed by atoms with E-state index in [1.807, 2.05) is 11.9 Å². The third-order valence-electron chi connectivity index (χ3n) is 3.81. The number of hydrogen-bond donors (Lipinski definition) is 3. The number of likely N-dealkylation sites (tertiary alicyclic amines) is 1. The van der Waals surface area contributed by atoms with E-state index in [-0.39, 0.29) is 36.8 Å². The lowest BCUT2D eigenvalue weighted by Gasteiger charge is -2.26. The number of nitrogens with one attached hydrogen (secondary N) is 2. The predicted molar refractivity (Wildman–Crippen MR) is 87.4 cm³/mol. The van der Waals surface area contributed by atoms with Crippen LogP contribution >= 0.6 is 24.8 Å². The minimum atomic E-state index is -0.757. The Kier molecular flexibility index (Phi) is 12.0. The topological polar surface area (TPSA) is 81.7 Å². The smallest absolute Gasteiger partial charge is 0.320 e. The number of carboxylic acid groups (broad SMARTS) is 1. The van der Waals surface area contributed by atoms with Crippen LogP contribution in [0.15, 0.2) is 0 Å². The summed E-state index contributed by atoms with van der Waals surface area (Å²) in [5.74, 6) is -0.503. The molecule has 6 nitrogen and oxygen atoms in total. The quantitative estimate of drug-likeness (QED) is 0.635. The molecule has 8 heteroatoms. The third kappa shape index (κ3) is 7.31. The molecule has 0 bridgehead atoms. The summed E-state index contributed by atoms with van der Waals surface area (Å²) in [6.07, 6.45) is 1.57.